The number of benzene rings is 1. The Hall–Kier alpha value is -2.34. The Balaban J connectivity index is 1.62. The van der Waals surface area contributed by atoms with Crippen molar-refractivity contribution in [3.05, 3.63) is 39.8 Å². The van der Waals surface area contributed by atoms with Crippen molar-refractivity contribution in [2.45, 2.75) is 77.7 Å². The molecule has 0 unspecified atom stereocenters. The first-order chi connectivity index (χ1) is 16.1. The number of nitrogens with zero attached hydrogens (tertiary/aromatic N) is 2. The molecule has 1 amide bonds. The van der Waals surface area contributed by atoms with Crippen molar-refractivity contribution < 1.29 is 9.53 Å². The fourth-order valence-corrected chi connectivity index (χ4v) is 6.33. The van der Waals surface area contributed by atoms with Crippen molar-refractivity contribution >= 4 is 34.1 Å². The maximum Gasteiger partial charge on any atom is 0.254 e. The summed E-state index contributed by atoms with van der Waals surface area (Å²) in [6.07, 6.45) is 12.1. The zero-order valence-electron chi connectivity index (χ0n) is 20.3. The Morgan fingerprint density at radius 3 is 2.64 bits per heavy atom. The van der Waals surface area contributed by atoms with E-state index in [4.69, 9.17) is 9.73 Å². The molecule has 1 N–H and O–H groups in total. The average Bonchev–Trinajstić information content (AvgIpc) is 3.23. The Morgan fingerprint density at radius 2 is 1.91 bits per heavy atom. The molecule has 0 aliphatic heterocycles. The molecule has 2 aliphatic rings. The van der Waals surface area contributed by atoms with Crippen LogP contribution in [0.1, 0.15) is 85.2 Å². The molecule has 5 nitrogen and oxygen atoms in total. The van der Waals surface area contributed by atoms with Crippen molar-refractivity contribution in [2.75, 3.05) is 25.1 Å². The van der Waals surface area contributed by atoms with Gasteiger partial charge in [0.25, 0.3) is 5.91 Å². The Labute approximate surface area is 202 Å². The quantitative estimate of drug-likeness (QED) is 0.464. The second kappa shape index (κ2) is 11.2. The normalized spacial score (nSPS) is 16.6. The van der Waals surface area contributed by atoms with Crippen LogP contribution in [0.25, 0.3) is 0 Å². The highest BCUT2D eigenvalue weighted by Crippen LogP contribution is 2.40. The van der Waals surface area contributed by atoms with Crippen molar-refractivity contribution in [3.8, 4) is 5.75 Å². The minimum atomic E-state index is 0.0669. The summed E-state index contributed by atoms with van der Waals surface area (Å²) >= 11 is 1.69. The summed E-state index contributed by atoms with van der Waals surface area (Å²) in [5.41, 5.74) is 4.12. The van der Waals surface area contributed by atoms with Gasteiger partial charge in [0.1, 0.15) is 10.8 Å². The molecule has 0 atom stereocenters. The first-order valence-electron chi connectivity index (χ1n) is 12.6. The van der Waals surface area contributed by atoms with E-state index in [1.54, 1.807) is 18.4 Å². The van der Waals surface area contributed by atoms with E-state index in [-0.39, 0.29) is 5.91 Å². The lowest BCUT2D eigenvalue weighted by molar-refractivity contribution is 0.0927. The van der Waals surface area contributed by atoms with Crippen molar-refractivity contribution in [1.29, 1.82) is 0 Å². The van der Waals surface area contributed by atoms with Gasteiger partial charge >= 0.3 is 0 Å². The van der Waals surface area contributed by atoms with E-state index in [0.717, 1.165) is 72.8 Å². The molecule has 1 heterocycles. The Morgan fingerprint density at radius 1 is 1.15 bits per heavy atom. The molecular weight excluding hydrogens is 430 g/mol. The van der Waals surface area contributed by atoms with Gasteiger partial charge in [0.05, 0.1) is 12.7 Å². The maximum atomic E-state index is 13.4. The number of aryl methyl sites for hydroxylation is 1. The van der Waals surface area contributed by atoms with Gasteiger partial charge in [-0.05, 0) is 70.1 Å². The number of ether oxygens (including phenoxy) is 1. The molecule has 0 saturated heterocycles. The minimum absolute atomic E-state index is 0.0669. The summed E-state index contributed by atoms with van der Waals surface area (Å²) in [6, 6.07) is 6.55. The van der Waals surface area contributed by atoms with Gasteiger partial charge in [0.15, 0.2) is 0 Å². The summed E-state index contributed by atoms with van der Waals surface area (Å²) in [5.74, 6) is 0.870. The second-order valence-corrected chi connectivity index (χ2v) is 10.1. The van der Waals surface area contributed by atoms with E-state index < -0.39 is 0 Å². The van der Waals surface area contributed by atoms with Gasteiger partial charge in [-0.2, -0.15) is 0 Å². The molecule has 0 spiro atoms. The van der Waals surface area contributed by atoms with Crippen molar-refractivity contribution in [3.63, 3.8) is 0 Å². The third-order valence-corrected chi connectivity index (χ3v) is 8.19. The molecule has 0 radical (unpaired) electrons. The minimum Gasteiger partial charge on any atom is -0.496 e. The van der Waals surface area contributed by atoms with E-state index in [0.29, 0.717) is 6.04 Å². The molecule has 6 heteroatoms. The molecule has 178 valence electrons. The summed E-state index contributed by atoms with van der Waals surface area (Å²) in [7, 11) is 1.70. The van der Waals surface area contributed by atoms with E-state index in [1.165, 1.54) is 36.1 Å². The SMILES string of the molecule is CCN(CC)c1ccc(/C=N\c2sc3c(c2C(=O)NC2CCCCC2)CCCC3)c(OC)c1. The van der Waals surface area contributed by atoms with Crippen LogP contribution in [0.4, 0.5) is 10.7 Å². The lowest BCUT2D eigenvalue weighted by Gasteiger charge is -2.23. The number of nitrogens with one attached hydrogen (secondary N) is 1. The number of thiophene rings is 1. The Kier molecular flexibility index (Phi) is 8.07. The molecule has 2 aromatic rings. The predicted octanol–water partition coefficient (Wildman–Crippen LogP) is 6.29. The number of anilines is 1. The standard InChI is InChI=1S/C27H37N3O2S/c1-4-30(5-2)21-16-15-19(23(17-21)32-3)18-28-27-25(22-13-9-10-14-24(22)33-27)26(31)29-20-11-7-6-8-12-20/h15-18,20H,4-14H2,1-3H3,(H,29,31)/b28-18-. The van der Waals surface area contributed by atoms with Crippen LogP contribution in [0.2, 0.25) is 0 Å². The summed E-state index contributed by atoms with van der Waals surface area (Å²) in [4.78, 5) is 21.9. The predicted molar refractivity (Wildman–Crippen MR) is 139 cm³/mol. The van der Waals surface area contributed by atoms with Gasteiger partial charge in [-0.15, -0.1) is 11.3 Å². The van der Waals surface area contributed by atoms with Gasteiger partial charge in [0.2, 0.25) is 0 Å². The van der Waals surface area contributed by atoms with Crippen LogP contribution in [0.15, 0.2) is 23.2 Å². The van der Waals surface area contributed by atoms with Crippen LogP contribution in [0.5, 0.6) is 5.75 Å². The lowest BCUT2D eigenvalue weighted by Crippen LogP contribution is -2.36. The van der Waals surface area contributed by atoms with Gasteiger partial charge in [-0.25, -0.2) is 4.99 Å². The maximum absolute atomic E-state index is 13.4. The van der Waals surface area contributed by atoms with E-state index in [9.17, 15) is 4.79 Å². The van der Waals surface area contributed by atoms with Crippen molar-refractivity contribution in [2.24, 2.45) is 4.99 Å². The first-order valence-corrected chi connectivity index (χ1v) is 13.4. The van der Waals surface area contributed by atoms with Crippen LogP contribution in [-0.4, -0.2) is 38.4 Å². The first kappa shape index (κ1) is 23.8. The Bertz CT molecular complexity index is 987. The summed E-state index contributed by atoms with van der Waals surface area (Å²) in [5, 5.41) is 4.17. The number of fused-ring (bicyclic) bond motifs is 1. The molecule has 4 rings (SSSR count). The monoisotopic (exact) mass is 467 g/mol. The molecule has 0 bridgehead atoms. The average molecular weight is 468 g/mol. The number of carbonyl (C=O) groups excluding carboxylic acids is 1. The number of hydrogen-bond donors (Lipinski definition) is 1. The molecular formula is C27H37N3O2S. The second-order valence-electron chi connectivity index (χ2n) is 9.06. The van der Waals surface area contributed by atoms with E-state index in [2.05, 4.69) is 42.3 Å². The van der Waals surface area contributed by atoms with Crippen molar-refractivity contribution in [1.82, 2.24) is 5.32 Å². The number of hydrogen-bond acceptors (Lipinski definition) is 5. The molecule has 33 heavy (non-hydrogen) atoms. The summed E-state index contributed by atoms with van der Waals surface area (Å²) < 4.78 is 5.68. The van der Waals surface area contributed by atoms with E-state index >= 15 is 0 Å². The number of carbonyl (C=O) groups is 1. The summed E-state index contributed by atoms with van der Waals surface area (Å²) in [6.45, 7) is 6.22. The highest BCUT2D eigenvalue weighted by Gasteiger charge is 2.27. The topological polar surface area (TPSA) is 53.9 Å². The van der Waals surface area contributed by atoms with Crippen LogP contribution in [-0.2, 0) is 12.8 Å². The van der Waals surface area contributed by atoms with Gasteiger partial charge in [-0.3, -0.25) is 4.79 Å². The van der Waals surface area contributed by atoms with Gasteiger partial charge in [-0.1, -0.05) is 19.3 Å². The molecule has 1 aromatic carbocycles. The fraction of sp³-hybridized carbons (Fsp3) is 0.556. The smallest absolute Gasteiger partial charge is 0.254 e. The third kappa shape index (κ3) is 5.43. The van der Waals surface area contributed by atoms with Gasteiger partial charge in [0, 0.05) is 47.5 Å². The lowest BCUT2D eigenvalue weighted by atomic mass is 9.93. The zero-order valence-corrected chi connectivity index (χ0v) is 21.1. The van der Waals surface area contributed by atoms with Crippen LogP contribution in [0.3, 0.4) is 0 Å². The van der Waals surface area contributed by atoms with Crippen LogP contribution >= 0.6 is 11.3 Å². The molecule has 1 saturated carbocycles. The van der Waals surface area contributed by atoms with Crippen LogP contribution in [0, 0.1) is 0 Å². The molecule has 2 aliphatic carbocycles. The molecule has 1 aromatic heterocycles. The zero-order chi connectivity index (χ0) is 23.2. The van der Waals surface area contributed by atoms with Crippen LogP contribution < -0.4 is 15.0 Å². The number of amides is 1. The van der Waals surface area contributed by atoms with E-state index in [1.807, 2.05) is 6.21 Å². The highest BCUT2D eigenvalue weighted by atomic mass is 32.1. The fourth-order valence-electron chi connectivity index (χ4n) is 5.10. The number of aliphatic imine (C=N–C) groups is 1. The number of rotatable bonds is 8. The largest absolute Gasteiger partial charge is 0.496 e. The van der Waals surface area contributed by atoms with Gasteiger partial charge < -0.3 is 15.0 Å². The molecule has 1 fully saturated rings. The third-order valence-electron chi connectivity index (χ3n) is 6.99. The number of methoxy groups -OCH3 is 1. The highest BCUT2D eigenvalue weighted by molar-refractivity contribution is 7.16.